The summed E-state index contributed by atoms with van der Waals surface area (Å²) in [6, 6.07) is 6.31. The van der Waals surface area contributed by atoms with Crippen LogP contribution in [0.2, 0.25) is 0 Å². The van der Waals surface area contributed by atoms with Crippen molar-refractivity contribution in [2.24, 2.45) is 0 Å². The molecule has 4 rings (SSSR count). The fraction of sp³-hybridized carbons (Fsp3) is 0.542. The number of benzene rings is 1. The Kier molecular flexibility index (Phi) is 5.45. The highest BCUT2D eigenvalue weighted by Gasteiger charge is 2.38. The summed E-state index contributed by atoms with van der Waals surface area (Å²) in [6.45, 7) is 5.47. The zero-order chi connectivity index (χ0) is 21.5. The molecule has 1 saturated heterocycles. The summed E-state index contributed by atoms with van der Waals surface area (Å²) < 4.78 is 39.2. The molecule has 0 spiro atoms. The smallest absolute Gasteiger partial charge is 0.358 e. The van der Waals surface area contributed by atoms with Gasteiger partial charge in [-0.3, -0.25) is 4.79 Å². The molecule has 0 unspecified atom stereocenters. The Hall–Kier alpha value is -2.24. The highest BCUT2D eigenvalue weighted by Crippen LogP contribution is 2.42. The summed E-state index contributed by atoms with van der Waals surface area (Å²) in [6.07, 6.45) is 2.30. The zero-order valence-electron chi connectivity index (χ0n) is 17.7. The topological polar surface area (TPSA) is 36.1 Å². The number of hydrogen-bond acceptors (Lipinski definition) is 2. The highest BCUT2D eigenvalue weighted by molar-refractivity contribution is 5.46. The van der Waals surface area contributed by atoms with E-state index in [0.29, 0.717) is 5.56 Å². The van der Waals surface area contributed by atoms with Crippen molar-refractivity contribution in [1.82, 2.24) is 4.98 Å². The number of aromatic nitrogens is 1. The summed E-state index contributed by atoms with van der Waals surface area (Å²) in [4.78, 5) is 17.8. The molecule has 1 aromatic carbocycles. The molecule has 1 fully saturated rings. The van der Waals surface area contributed by atoms with Gasteiger partial charge in [0.2, 0.25) is 0 Å². The van der Waals surface area contributed by atoms with Gasteiger partial charge in [-0.15, -0.1) is 0 Å². The van der Waals surface area contributed by atoms with Crippen molar-refractivity contribution in [3.8, 4) is 0 Å². The molecule has 0 bridgehead atoms. The number of H-pyrrole nitrogens is 1. The van der Waals surface area contributed by atoms with Crippen LogP contribution in [0.4, 0.5) is 19.0 Å². The largest absolute Gasteiger partial charge is 0.416 e. The zero-order valence-corrected chi connectivity index (χ0v) is 17.7. The minimum Gasteiger partial charge on any atom is -0.358 e. The summed E-state index contributed by atoms with van der Waals surface area (Å²) in [5.41, 5.74) is 3.17. The van der Waals surface area contributed by atoms with Gasteiger partial charge in [-0.25, -0.2) is 0 Å². The van der Waals surface area contributed by atoms with Crippen LogP contribution in [0.15, 0.2) is 29.1 Å². The Bertz CT molecular complexity index is 985. The SMILES string of the molecule is CCC1(c2ccc(C(F)(F)F)cc2C)CCN(c2cc3c(c(=O)[nH]2)CCCC3)CC1. The van der Waals surface area contributed by atoms with E-state index >= 15 is 0 Å². The quantitative estimate of drug-likeness (QED) is 0.712. The van der Waals surface area contributed by atoms with Crippen LogP contribution in [-0.2, 0) is 24.4 Å². The van der Waals surface area contributed by atoms with Crippen molar-refractivity contribution >= 4 is 5.82 Å². The minimum atomic E-state index is -4.32. The molecule has 1 aliphatic carbocycles. The van der Waals surface area contributed by atoms with Crippen LogP contribution < -0.4 is 10.5 Å². The fourth-order valence-corrected chi connectivity index (χ4v) is 5.33. The van der Waals surface area contributed by atoms with Crippen molar-refractivity contribution in [3.63, 3.8) is 0 Å². The van der Waals surface area contributed by atoms with E-state index in [-0.39, 0.29) is 11.0 Å². The number of anilines is 1. The van der Waals surface area contributed by atoms with E-state index in [1.807, 2.05) is 0 Å². The summed E-state index contributed by atoms with van der Waals surface area (Å²) >= 11 is 0. The molecule has 162 valence electrons. The maximum absolute atomic E-state index is 13.1. The molecule has 0 radical (unpaired) electrons. The second-order valence-corrected chi connectivity index (χ2v) is 8.84. The molecule has 3 nitrogen and oxygen atoms in total. The number of nitrogens with zero attached hydrogens (tertiary/aromatic N) is 1. The Balaban J connectivity index is 1.57. The number of aromatic amines is 1. The first-order chi connectivity index (χ1) is 14.2. The van der Waals surface area contributed by atoms with Crippen LogP contribution in [-0.4, -0.2) is 18.1 Å². The van der Waals surface area contributed by atoms with Crippen molar-refractivity contribution < 1.29 is 13.2 Å². The Morgan fingerprint density at radius 3 is 2.43 bits per heavy atom. The van der Waals surface area contributed by atoms with Crippen molar-refractivity contribution in [2.75, 3.05) is 18.0 Å². The molecule has 2 heterocycles. The lowest BCUT2D eigenvalue weighted by atomic mass is 9.69. The van der Waals surface area contributed by atoms with Crippen molar-refractivity contribution in [3.05, 3.63) is 62.4 Å². The van der Waals surface area contributed by atoms with E-state index in [4.69, 9.17) is 0 Å². The van der Waals surface area contributed by atoms with E-state index in [1.165, 1.54) is 17.7 Å². The van der Waals surface area contributed by atoms with Gasteiger partial charge in [-0.2, -0.15) is 13.2 Å². The Morgan fingerprint density at radius 2 is 1.80 bits per heavy atom. The number of rotatable bonds is 3. The van der Waals surface area contributed by atoms with Gasteiger partial charge in [0.1, 0.15) is 5.82 Å². The Labute approximate surface area is 175 Å². The number of alkyl halides is 3. The van der Waals surface area contributed by atoms with Crippen LogP contribution >= 0.6 is 0 Å². The van der Waals surface area contributed by atoms with Crippen molar-refractivity contribution in [2.45, 2.75) is 70.4 Å². The lowest BCUT2D eigenvalue weighted by molar-refractivity contribution is -0.137. The molecule has 0 saturated carbocycles. The lowest BCUT2D eigenvalue weighted by Gasteiger charge is -2.43. The maximum Gasteiger partial charge on any atom is 0.416 e. The average Bonchev–Trinajstić information content (AvgIpc) is 2.73. The number of halogens is 3. The highest BCUT2D eigenvalue weighted by atomic mass is 19.4. The lowest BCUT2D eigenvalue weighted by Crippen LogP contribution is -2.43. The second kappa shape index (κ2) is 7.78. The van der Waals surface area contributed by atoms with E-state index in [1.54, 1.807) is 13.0 Å². The second-order valence-electron chi connectivity index (χ2n) is 8.84. The van der Waals surface area contributed by atoms with Crippen molar-refractivity contribution in [1.29, 1.82) is 0 Å². The molecular weight excluding hydrogens is 389 g/mol. The third-order valence-electron chi connectivity index (χ3n) is 7.20. The number of aryl methyl sites for hydroxylation is 2. The monoisotopic (exact) mass is 418 g/mol. The van der Waals surface area contributed by atoms with Gasteiger partial charge >= 0.3 is 6.18 Å². The summed E-state index contributed by atoms with van der Waals surface area (Å²) in [7, 11) is 0. The first kappa shape index (κ1) is 21.0. The van der Waals surface area contributed by atoms with E-state index in [9.17, 15) is 18.0 Å². The van der Waals surface area contributed by atoms with E-state index in [0.717, 1.165) is 75.0 Å². The maximum atomic E-state index is 13.1. The predicted octanol–water partition coefficient (Wildman–Crippen LogP) is 5.53. The summed E-state index contributed by atoms with van der Waals surface area (Å²) in [5, 5.41) is 0. The van der Waals surface area contributed by atoms with Gasteiger partial charge in [0.25, 0.3) is 5.56 Å². The third-order valence-corrected chi connectivity index (χ3v) is 7.20. The molecule has 2 aromatic rings. The molecule has 0 atom stereocenters. The average molecular weight is 419 g/mol. The van der Waals surface area contributed by atoms with Gasteiger partial charge in [0, 0.05) is 18.7 Å². The van der Waals surface area contributed by atoms with Gasteiger partial charge in [0.05, 0.1) is 5.56 Å². The van der Waals surface area contributed by atoms with Gasteiger partial charge < -0.3 is 9.88 Å². The molecule has 1 aliphatic heterocycles. The molecule has 6 heteroatoms. The normalized spacial score (nSPS) is 18.9. The third kappa shape index (κ3) is 3.77. The molecule has 0 amide bonds. The van der Waals surface area contributed by atoms with E-state index < -0.39 is 11.7 Å². The molecule has 1 N–H and O–H groups in total. The number of pyridine rings is 1. The summed E-state index contributed by atoms with van der Waals surface area (Å²) in [5.74, 6) is 0.884. The molecule has 1 aromatic heterocycles. The number of piperidine rings is 1. The first-order valence-corrected chi connectivity index (χ1v) is 10.9. The minimum absolute atomic E-state index is 0.0353. The predicted molar refractivity (Wildman–Crippen MR) is 113 cm³/mol. The van der Waals surface area contributed by atoms with Gasteiger partial charge in [0.15, 0.2) is 0 Å². The molecular formula is C24H29F3N2O. The van der Waals surface area contributed by atoms with Gasteiger partial charge in [-0.1, -0.05) is 13.0 Å². The van der Waals surface area contributed by atoms with Crippen LogP contribution in [0.1, 0.15) is 66.8 Å². The van der Waals surface area contributed by atoms with Gasteiger partial charge in [-0.05, 0) is 92.2 Å². The van der Waals surface area contributed by atoms with Crippen LogP contribution in [0.5, 0.6) is 0 Å². The number of fused-ring (bicyclic) bond motifs is 1. The van der Waals surface area contributed by atoms with Crippen LogP contribution in [0.3, 0.4) is 0 Å². The number of nitrogens with one attached hydrogen (secondary N) is 1. The molecule has 30 heavy (non-hydrogen) atoms. The molecule has 2 aliphatic rings. The Morgan fingerprint density at radius 1 is 1.10 bits per heavy atom. The standard InChI is InChI=1S/C24H29F3N2O/c1-3-23(20-9-8-18(14-16(20)2)24(25,26)27)10-12-29(13-11-23)21-15-17-6-4-5-7-19(17)22(30)28-21/h8-9,14-15H,3-7,10-13H2,1-2H3,(H,28,30). The number of hydrogen-bond donors (Lipinski definition) is 1. The first-order valence-electron chi connectivity index (χ1n) is 10.9. The van der Waals surface area contributed by atoms with E-state index in [2.05, 4.69) is 22.9 Å². The fourth-order valence-electron chi connectivity index (χ4n) is 5.33. The van der Waals surface area contributed by atoms with Crippen LogP contribution in [0, 0.1) is 6.92 Å². The van der Waals surface area contributed by atoms with Crippen LogP contribution in [0.25, 0.3) is 0 Å².